The number of unbranched alkanes of at least 4 members (excludes halogenated alkanes) is 2. The summed E-state index contributed by atoms with van der Waals surface area (Å²) in [7, 11) is 3.81. The molecule has 2 rings (SSSR count). The minimum absolute atomic E-state index is 0.0973. The van der Waals surface area contributed by atoms with E-state index in [4.69, 9.17) is 10.5 Å². The lowest BCUT2D eigenvalue weighted by Gasteiger charge is -2.27. The number of carbonyl (C=O) groups excluding carboxylic acids is 2. The van der Waals surface area contributed by atoms with Crippen molar-refractivity contribution in [2.24, 2.45) is 11.7 Å². The van der Waals surface area contributed by atoms with Gasteiger partial charge in [0.05, 0.1) is 18.6 Å². The fourth-order valence-corrected chi connectivity index (χ4v) is 4.11. The van der Waals surface area contributed by atoms with Crippen LogP contribution in [0.5, 0.6) is 5.88 Å². The molecule has 5 N–H and O–H groups in total. The molecule has 1 aromatic rings. The van der Waals surface area contributed by atoms with Crippen LogP contribution in [0.3, 0.4) is 0 Å². The van der Waals surface area contributed by atoms with E-state index < -0.39 is 29.4 Å². The molecule has 1 heterocycles. The van der Waals surface area contributed by atoms with Crippen LogP contribution in [0.1, 0.15) is 43.0 Å². The van der Waals surface area contributed by atoms with Crippen LogP contribution in [0.25, 0.3) is 0 Å². The minimum atomic E-state index is -1.83. The zero-order chi connectivity index (χ0) is 25.3. The summed E-state index contributed by atoms with van der Waals surface area (Å²) < 4.78 is 37.5. The summed E-state index contributed by atoms with van der Waals surface area (Å²) in [5, 5.41) is 15.1. The second kappa shape index (κ2) is 12.8. The van der Waals surface area contributed by atoms with E-state index in [1.807, 2.05) is 19.0 Å². The number of carbonyl (C=O) groups is 2. The van der Waals surface area contributed by atoms with Gasteiger partial charge in [-0.3, -0.25) is 10.1 Å². The number of hydrogen-bond donors (Lipinski definition) is 4. The van der Waals surface area contributed by atoms with Crippen molar-refractivity contribution < 1.29 is 28.2 Å². The fourth-order valence-electron chi connectivity index (χ4n) is 3.38. The lowest BCUT2D eigenvalue weighted by molar-refractivity contribution is 0.0991. The molecule has 12 heteroatoms. The number of nitrogens with one attached hydrogen (secondary N) is 2. The average molecular weight is 502 g/mol. The van der Waals surface area contributed by atoms with Gasteiger partial charge < -0.3 is 25.8 Å². The Balaban J connectivity index is 1.82. The first-order chi connectivity index (χ1) is 16.0. The van der Waals surface area contributed by atoms with Crippen LogP contribution in [0.2, 0.25) is 0 Å². The summed E-state index contributed by atoms with van der Waals surface area (Å²) in [6.45, 7) is 2.04. The number of halogens is 2. The third kappa shape index (κ3) is 8.65. The van der Waals surface area contributed by atoms with E-state index in [9.17, 15) is 23.5 Å². The Bertz CT molecular complexity index is 904. The van der Waals surface area contributed by atoms with Gasteiger partial charge in [-0.05, 0) is 63.6 Å². The molecular weight excluding hydrogens is 468 g/mol. The lowest BCUT2D eigenvalue weighted by atomic mass is 9.87. The number of urea groups is 1. The van der Waals surface area contributed by atoms with Crippen molar-refractivity contribution in [1.82, 2.24) is 14.6 Å². The van der Waals surface area contributed by atoms with Crippen molar-refractivity contribution in [1.29, 1.82) is 0 Å². The summed E-state index contributed by atoms with van der Waals surface area (Å²) in [4.78, 5) is 26.0. The van der Waals surface area contributed by atoms with E-state index in [0.717, 1.165) is 49.0 Å². The normalized spacial score (nSPS) is 20.7. The largest absolute Gasteiger partial charge is 0.476 e. The number of ether oxygens (including phenoxy) is 1. The Labute approximate surface area is 202 Å². The zero-order valence-electron chi connectivity index (χ0n) is 19.6. The van der Waals surface area contributed by atoms with Crippen LogP contribution in [-0.2, 0) is 0 Å². The van der Waals surface area contributed by atoms with Gasteiger partial charge in [-0.1, -0.05) is 12.8 Å². The Morgan fingerprint density at radius 1 is 1.38 bits per heavy atom. The molecule has 1 aliphatic rings. The summed E-state index contributed by atoms with van der Waals surface area (Å²) in [6.07, 6.45) is 5.98. The molecule has 0 saturated heterocycles. The number of rotatable bonds is 13. The number of aromatic nitrogens is 1. The molecule has 190 valence electrons. The van der Waals surface area contributed by atoms with Crippen LogP contribution < -0.4 is 21.1 Å². The lowest BCUT2D eigenvalue weighted by Crippen LogP contribution is -2.33. The van der Waals surface area contributed by atoms with E-state index in [-0.39, 0.29) is 29.2 Å². The van der Waals surface area contributed by atoms with Gasteiger partial charge in [0.1, 0.15) is 22.1 Å². The third-order valence-corrected chi connectivity index (χ3v) is 6.01. The Kier molecular flexibility index (Phi) is 10.4. The Morgan fingerprint density at radius 3 is 2.79 bits per heavy atom. The molecule has 34 heavy (non-hydrogen) atoms. The number of alkyl halides is 1. The van der Waals surface area contributed by atoms with Crippen LogP contribution >= 0.6 is 11.5 Å². The van der Waals surface area contributed by atoms with Crippen molar-refractivity contribution in [3.63, 3.8) is 0 Å². The van der Waals surface area contributed by atoms with Crippen molar-refractivity contribution in [2.75, 3.05) is 39.1 Å². The Morgan fingerprint density at radius 2 is 2.12 bits per heavy atom. The Hall–Kier alpha value is -2.57. The predicted molar refractivity (Wildman–Crippen MR) is 128 cm³/mol. The monoisotopic (exact) mass is 501 g/mol. The summed E-state index contributed by atoms with van der Waals surface area (Å²) in [5.74, 6) is -2.53. The fraction of sp³-hybridized carbons (Fsp3) is 0.591. The number of likely N-dealkylation sites (N-methyl/N-ethyl adjacent to an activating group) is 1. The highest BCUT2D eigenvalue weighted by Crippen LogP contribution is 2.34. The van der Waals surface area contributed by atoms with Crippen molar-refractivity contribution in [3.8, 4) is 5.88 Å². The summed E-state index contributed by atoms with van der Waals surface area (Å²) in [6, 6.07) is -0.538. The number of nitrogens with two attached hydrogens (primary N) is 1. The van der Waals surface area contributed by atoms with Crippen molar-refractivity contribution in [3.05, 3.63) is 29.6 Å². The maximum absolute atomic E-state index is 14.6. The number of amides is 3. The molecule has 1 aliphatic carbocycles. The van der Waals surface area contributed by atoms with Gasteiger partial charge in [0.15, 0.2) is 0 Å². The molecule has 3 amide bonds. The second-order valence-corrected chi connectivity index (χ2v) is 9.43. The molecule has 1 aromatic heterocycles. The predicted octanol–water partition coefficient (Wildman–Crippen LogP) is 2.99. The molecule has 9 nitrogen and oxygen atoms in total. The van der Waals surface area contributed by atoms with Crippen molar-refractivity contribution in [2.45, 2.75) is 44.4 Å². The van der Waals surface area contributed by atoms with E-state index >= 15 is 0 Å². The first-order valence-electron chi connectivity index (χ1n) is 11.0. The quantitative estimate of drug-likeness (QED) is 0.308. The summed E-state index contributed by atoms with van der Waals surface area (Å²) in [5.41, 5.74) is 3.46. The minimum Gasteiger partial charge on any atom is -0.476 e. The number of aliphatic hydroxyl groups is 1. The number of allylic oxidation sites excluding steroid dienone is 3. The average Bonchev–Trinajstić information content (AvgIpc) is 3.13. The van der Waals surface area contributed by atoms with Gasteiger partial charge in [0, 0.05) is 13.1 Å². The SMILES string of the molecule is CN(C)CC(O)CCCCCNC(=O)Nc1snc(OCC2C=C(F)C=CC2(C)F)c1C(N)=O. The molecule has 3 atom stereocenters. The van der Waals surface area contributed by atoms with Crippen LogP contribution in [-0.4, -0.2) is 71.9 Å². The third-order valence-electron chi connectivity index (χ3n) is 5.26. The van der Waals surface area contributed by atoms with E-state index in [0.29, 0.717) is 19.5 Å². The topological polar surface area (TPSA) is 130 Å². The van der Waals surface area contributed by atoms with Gasteiger partial charge in [0.2, 0.25) is 5.88 Å². The van der Waals surface area contributed by atoms with E-state index in [1.54, 1.807) is 0 Å². The molecule has 3 unspecified atom stereocenters. The molecule has 0 radical (unpaired) electrons. The molecule has 0 saturated carbocycles. The van der Waals surface area contributed by atoms with Gasteiger partial charge in [-0.15, -0.1) is 0 Å². The highest BCUT2D eigenvalue weighted by molar-refractivity contribution is 7.11. The second-order valence-electron chi connectivity index (χ2n) is 8.66. The highest BCUT2D eigenvalue weighted by atomic mass is 32.1. The standard InChI is InChI=1S/C22H33F2N5O4S/c1-22(24)9-8-15(23)11-14(22)13-33-19-17(18(25)31)20(34-28-19)27-21(32)26-10-6-4-5-7-16(30)12-29(2)3/h8-9,11,14,16,30H,4-7,10,12-13H2,1-3H3,(H2,25,31)(H2,26,27,32). The number of hydrogen-bond acceptors (Lipinski definition) is 7. The molecule has 0 spiro atoms. The smallest absolute Gasteiger partial charge is 0.319 e. The van der Waals surface area contributed by atoms with Crippen LogP contribution in [0.15, 0.2) is 24.1 Å². The zero-order valence-corrected chi connectivity index (χ0v) is 20.5. The molecular formula is C22H33F2N5O4S. The number of nitrogens with zero attached hydrogens (tertiary/aromatic N) is 2. The van der Waals surface area contributed by atoms with Crippen LogP contribution in [0.4, 0.5) is 18.6 Å². The van der Waals surface area contributed by atoms with Gasteiger partial charge >= 0.3 is 6.03 Å². The number of aliphatic hydroxyl groups excluding tert-OH is 1. The molecule has 0 bridgehead atoms. The summed E-state index contributed by atoms with van der Waals surface area (Å²) >= 11 is 0.798. The first kappa shape index (κ1) is 27.7. The highest BCUT2D eigenvalue weighted by Gasteiger charge is 2.34. The van der Waals surface area contributed by atoms with E-state index in [2.05, 4.69) is 15.0 Å². The number of primary amides is 1. The maximum atomic E-state index is 14.6. The van der Waals surface area contributed by atoms with Crippen molar-refractivity contribution >= 4 is 28.5 Å². The molecule has 0 aliphatic heterocycles. The van der Waals surface area contributed by atoms with Crippen LogP contribution in [0, 0.1) is 5.92 Å². The molecule has 0 fully saturated rings. The van der Waals surface area contributed by atoms with Gasteiger partial charge in [-0.2, -0.15) is 4.37 Å². The van der Waals surface area contributed by atoms with Gasteiger partial charge in [0.25, 0.3) is 5.91 Å². The van der Waals surface area contributed by atoms with E-state index in [1.165, 1.54) is 6.92 Å². The maximum Gasteiger partial charge on any atom is 0.319 e. The van der Waals surface area contributed by atoms with Gasteiger partial charge in [-0.25, -0.2) is 13.6 Å². The molecule has 0 aromatic carbocycles. The number of anilines is 1. The first-order valence-corrected chi connectivity index (χ1v) is 11.8.